The molecule has 2 aromatic carbocycles. The van der Waals surface area contributed by atoms with Crippen LogP contribution in [0.4, 0.5) is 5.82 Å². The Morgan fingerprint density at radius 3 is 2.46 bits per heavy atom. The van der Waals surface area contributed by atoms with Crippen LogP contribution < -0.4 is 14.4 Å². The molecule has 0 aliphatic rings. The summed E-state index contributed by atoms with van der Waals surface area (Å²) < 4.78 is 18.9. The van der Waals surface area contributed by atoms with Crippen molar-refractivity contribution in [1.29, 1.82) is 0 Å². The summed E-state index contributed by atoms with van der Waals surface area (Å²) in [5.41, 5.74) is 4.24. The molecule has 0 fully saturated rings. The summed E-state index contributed by atoms with van der Waals surface area (Å²) in [5.74, 6) is 2.07. The van der Waals surface area contributed by atoms with Crippen LogP contribution in [-0.4, -0.2) is 55.7 Å². The van der Waals surface area contributed by atoms with Gasteiger partial charge in [0.25, 0.3) is 0 Å². The van der Waals surface area contributed by atoms with E-state index in [1.165, 1.54) is 0 Å². The fourth-order valence-electron chi connectivity index (χ4n) is 4.24. The van der Waals surface area contributed by atoms with Gasteiger partial charge in [-0.1, -0.05) is 43.4 Å². The zero-order valence-electron chi connectivity index (χ0n) is 23.3. The monoisotopic (exact) mass is 587 g/mol. The molecule has 0 bridgehead atoms. The van der Waals surface area contributed by atoms with Crippen molar-refractivity contribution < 1.29 is 14.2 Å². The van der Waals surface area contributed by atoms with E-state index in [-0.39, 0.29) is 5.28 Å². The molecule has 208 valence electrons. The molecule has 0 aliphatic heterocycles. The van der Waals surface area contributed by atoms with Crippen molar-refractivity contribution in [2.45, 2.75) is 45.4 Å². The Labute approximate surface area is 240 Å². The van der Waals surface area contributed by atoms with E-state index in [0.717, 1.165) is 34.4 Å². The van der Waals surface area contributed by atoms with Crippen LogP contribution in [0.1, 0.15) is 16.8 Å². The maximum Gasteiger partial charge on any atom is 0.225 e. The van der Waals surface area contributed by atoms with Gasteiger partial charge in [-0.3, -0.25) is 0 Å². The first kappa shape index (κ1) is 29.1. The fraction of sp³-hybridized carbons (Fsp3) is 0.393. The first-order valence-electron chi connectivity index (χ1n) is 12.7. The molecule has 4 aromatic rings. The molecule has 39 heavy (non-hydrogen) atoms. The number of hydrogen-bond acceptors (Lipinski definition) is 7. The van der Waals surface area contributed by atoms with Gasteiger partial charge >= 0.3 is 0 Å². The van der Waals surface area contributed by atoms with Crippen LogP contribution in [0.2, 0.25) is 36.0 Å². The van der Waals surface area contributed by atoms with Crippen LogP contribution in [0, 0.1) is 0 Å². The van der Waals surface area contributed by atoms with Gasteiger partial charge in [0.05, 0.1) is 19.9 Å². The highest BCUT2D eigenvalue weighted by atomic mass is 35.5. The van der Waals surface area contributed by atoms with E-state index in [0.29, 0.717) is 48.2 Å². The Kier molecular flexibility index (Phi) is 9.38. The minimum atomic E-state index is -1.22. The van der Waals surface area contributed by atoms with E-state index < -0.39 is 8.07 Å². The molecule has 8 nitrogen and oxygen atoms in total. The number of fused-ring (bicyclic) bond motifs is 1. The Bertz CT molecular complexity index is 1440. The van der Waals surface area contributed by atoms with Gasteiger partial charge in [0.2, 0.25) is 5.28 Å². The lowest BCUT2D eigenvalue weighted by molar-refractivity contribution is 0.0772. The average Bonchev–Trinajstić information content (AvgIpc) is 3.22. The SMILES string of the molecule is COc1ccc(CN(C)c2nc(Cl)nc3c(Cc4cccc(Cl)c4)n(COCC[Si](C)(C)C)nc23)c(OC)c1. The molecule has 11 heteroatoms. The Balaban J connectivity index is 1.72. The number of anilines is 1. The molecule has 0 amide bonds. The standard InChI is InChI=1S/C28H35Cl2N5O3Si/c1-34(17-20-10-11-22(36-2)16-24(20)37-3)27-26-25(31-28(30)32-27)23(15-19-8-7-9-21(29)14-19)35(33-26)18-38-12-13-39(4,5)6/h7-11,14,16H,12-13,15,17-18H2,1-6H3. The highest BCUT2D eigenvalue weighted by Gasteiger charge is 2.22. The molecule has 2 aromatic heterocycles. The molecule has 0 radical (unpaired) electrons. The van der Waals surface area contributed by atoms with E-state index in [9.17, 15) is 0 Å². The normalized spacial score (nSPS) is 11.7. The zero-order valence-corrected chi connectivity index (χ0v) is 25.8. The second-order valence-corrected chi connectivity index (χ2v) is 17.0. The van der Waals surface area contributed by atoms with Gasteiger partial charge in [-0.15, -0.1) is 0 Å². The van der Waals surface area contributed by atoms with Crippen molar-refractivity contribution in [3.8, 4) is 11.5 Å². The Hall–Kier alpha value is -2.85. The maximum atomic E-state index is 6.48. The lowest BCUT2D eigenvalue weighted by atomic mass is 10.1. The van der Waals surface area contributed by atoms with E-state index in [4.69, 9.17) is 42.5 Å². The molecule has 0 atom stereocenters. The van der Waals surface area contributed by atoms with Crippen molar-refractivity contribution in [2.75, 3.05) is 32.8 Å². The zero-order chi connectivity index (χ0) is 28.2. The molecule has 0 N–H and O–H groups in total. The summed E-state index contributed by atoms with van der Waals surface area (Å²) in [6.45, 7) is 8.50. The van der Waals surface area contributed by atoms with Crippen LogP contribution in [0.5, 0.6) is 11.5 Å². The van der Waals surface area contributed by atoms with Crippen LogP contribution in [0.15, 0.2) is 42.5 Å². The van der Waals surface area contributed by atoms with Crippen molar-refractivity contribution in [3.63, 3.8) is 0 Å². The van der Waals surface area contributed by atoms with Gasteiger partial charge in [-0.25, -0.2) is 9.67 Å². The van der Waals surface area contributed by atoms with E-state index in [1.807, 2.05) is 59.1 Å². The maximum absolute atomic E-state index is 6.48. The summed E-state index contributed by atoms with van der Waals surface area (Å²) in [7, 11) is 4.00. The Morgan fingerprint density at radius 1 is 0.974 bits per heavy atom. The minimum absolute atomic E-state index is 0.151. The first-order chi connectivity index (χ1) is 18.6. The van der Waals surface area contributed by atoms with E-state index in [1.54, 1.807) is 14.2 Å². The molecule has 4 rings (SSSR count). The summed E-state index contributed by atoms with van der Waals surface area (Å²) >= 11 is 12.8. The number of methoxy groups -OCH3 is 2. The smallest absolute Gasteiger partial charge is 0.225 e. The van der Waals surface area contributed by atoms with Crippen LogP contribution in [0.3, 0.4) is 0 Å². The molecule has 0 saturated heterocycles. The number of halogens is 2. The highest BCUT2D eigenvalue weighted by Crippen LogP contribution is 2.31. The van der Waals surface area contributed by atoms with Crippen LogP contribution >= 0.6 is 23.2 Å². The van der Waals surface area contributed by atoms with Gasteiger partial charge in [0.1, 0.15) is 23.7 Å². The van der Waals surface area contributed by atoms with Crippen molar-refractivity contribution >= 4 is 48.1 Å². The number of ether oxygens (including phenoxy) is 3. The van der Waals surface area contributed by atoms with Gasteiger partial charge < -0.3 is 19.1 Å². The van der Waals surface area contributed by atoms with E-state index in [2.05, 4.69) is 29.6 Å². The summed E-state index contributed by atoms with van der Waals surface area (Å²) in [6, 6.07) is 14.6. The molecule has 0 aliphatic carbocycles. The molecule has 0 unspecified atom stereocenters. The first-order valence-corrected chi connectivity index (χ1v) is 17.2. The third-order valence-electron chi connectivity index (χ3n) is 6.38. The van der Waals surface area contributed by atoms with Gasteiger partial charge in [0.15, 0.2) is 11.3 Å². The van der Waals surface area contributed by atoms with Gasteiger partial charge in [-0.05, 0) is 47.5 Å². The lowest BCUT2D eigenvalue weighted by Gasteiger charge is -2.20. The molecular weight excluding hydrogens is 553 g/mol. The van der Waals surface area contributed by atoms with Crippen molar-refractivity contribution in [3.05, 3.63) is 69.6 Å². The number of benzene rings is 2. The van der Waals surface area contributed by atoms with E-state index >= 15 is 0 Å². The lowest BCUT2D eigenvalue weighted by Crippen LogP contribution is -2.22. The molecular formula is C28H35Cl2N5O3Si. The molecule has 0 spiro atoms. The van der Waals surface area contributed by atoms with Crippen molar-refractivity contribution in [2.24, 2.45) is 0 Å². The topological polar surface area (TPSA) is 74.5 Å². The minimum Gasteiger partial charge on any atom is -0.497 e. The predicted molar refractivity (Wildman–Crippen MR) is 160 cm³/mol. The predicted octanol–water partition coefficient (Wildman–Crippen LogP) is 6.69. The third kappa shape index (κ3) is 7.42. The summed E-state index contributed by atoms with van der Waals surface area (Å²) in [4.78, 5) is 11.2. The quantitative estimate of drug-likeness (QED) is 0.104. The van der Waals surface area contributed by atoms with Crippen molar-refractivity contribution in [1.82, 2.24) is 19.7 Å². The second kappa shape index (κ2) is 12.5. The Morgan fingerprint density at radius 2 is 1.77 bits per heavy atom. The highest BCUT2D eigenvalue weighted by molar-refractivity contribution is 6.76. The number of rotatable bonds is 12. The number of hydrogen-bond donors (Lipinski definition) is 0. The second-order valence-electron chi connectivity index (χ2n) is 10.6. The summed E-state index contributed by atoms with van der Waals surface area (Å²) in [6.07, 6.45) is 0.567. The average molecular weight is 589 g/mol. The fourth-order valence-corrected chi connectivity index (χ4v) is 5.38. The number of aromatic nitrogens is 4. The van der Waals surface area contributed by atoms with Gasteiger partial charge in [-0.2, -0.15) is 10.1 Å². The largest absolute Gasteiger partial charge is 0.497 e. The molecule has 0 saturated carbocycles. The van der Waals surface area contributed by atoms with Crippen LogP contribution in [0.25, 0.3) is 11.0 Å². The summed E-state index contributed by atoms with van der Waals surface area (Å²) in [5, 5.41) is 5.76. The van der Waals surface area contributed by atoms with Crippen LogP contribution in [-0.2, 0) is 24.4 Å². The molecule has 2 heterocycles. The number of nitrogens with zero attached hydrogens (tertiary/aromatic N) is 5. The van der Waals surface area contributed by atoms with Gasteiger partial charge in [0, 0.05) is 51.3 Å². The third-order valence-corrected chi connectivity index (χ3v) is 8.49.